The van der Waals surface area contributed by atoms with Gasteiger partial charge in [-0.1, -0.05) is 0 Å². The summed E-state index contributed by atoms with van der Waals surface area (Å²) in [6, 6.07) is 0. The predicted molar refractivity (Wildman–Crippen MR) is 70.4 cm³/mol. The van der Waals surface area contributed by atoms with Gasteiger partial charge >= 0.3 is 0 Å². The number of rotatable bonds is 5. The molecule has 5 heteroatoms. The van der Waals surface area contributed by atoms with Crippen LogP contribution in [0.5, 0.6) is 0 Å². The van der Waals surface area contributed by atoms with E-state index >= 15 is 0 Å². The molecule has 0 saturated carbocycles. The van der Waals surface area contributed by atoms with E-state index in [9.17, 15) is 9.90 Å². The first-order valence-corrected chi connectivity index (χ1v) is 7.02. The van der Waals surface area contributed by atoms with E-state index in [0.29, 0.717) is 13.0 Å². The summed E-state index contributed by atoms with van der Waals surface area (Å²) in [6.07, 6.45) is 2.07. The van der Waals surface area contributed by atoms with Crippen molar-refractivity contribution in [3.63, 3.8) is 0 Å². The van der Waals surface area contributed by atoms with Crippen LogP contribution >= 0.6 is 0 Å². The molecule has 2 rings (SSSR count). The van der Waals surface area contributed by atoms with Gasteiger partial charge in [0.15, 0.2) is 0 Å². The lowest BCUT2D eigenvalue weighted by Gasteiger charge is -2.32. The van der Waals surface area contributed by atoms with Crippen LogP contribution in [0.25, 0.3) is 0 Å². The Morgan fingerprint density at radius 2 is 1.83 bits per heavy atom. The molecule has 1 amide bonds. The number of likely N-dealkylation sites (tertiary alicyclic amines) is 1. The molecule has 0 aromatic heterocycles. The molecule has 1 unspecified atom stereocenters. The molecule has 2 aliphatic heterocycles. The second-order valence-electron chi connectivity index (χ2n) is 5.55. The fraction of sp³-hybridized carbons (Fsp3) is 0.923. The number of likely N-dealkylation sites (N-methyl/N-ethyl adjacent to an activating group) is 1. The molecule has 0 aliphatic carbocycles. The second-order valence-corrected chi connectivity index (χ2v) is 5.55. The Morgan fingerprint density at radius 1 is 1.17 bits per heavy atom. The predicted octanol–water partition coefficient (Wildman–Crippen LogP) is -0.393. The van der Waals surface area contributed by atoms with Gasteiger partial charge in [0.2, 0.25) is 5.91 Å². The van der Waals surface area contributed by atoms with Crippen LogP contribution in [0.3, 0.4) is 0 Å². The zero-order valence-electron chi connectivity index (χ0n) is 11.3. The molecule has 18 heavy (non-hydrogen) atoms. The summed E-state index contributed by atoms with van der Waals surface area (Å²) in [5.74, 6) is 0.113. The standard InChI is InChI=1S/C13H25N3O2/c1-14-6-8-15(9-7-14)4-2-3-5-16-11-12(17)10-13(16)18/h12,17H,2-11H2,1H3. The van der Waals surface area contributed by atoms with Crippen molar-refractivity contribution in [1.29, 1.82) is 0 Å². The van der Waals surface area contributed by atoms with Gasteiger partial charge in [0.25, 0.3) is 0 Å². The Bertz CT molecular complexity index is 277. The van der Waals surface area contributed by atoms with Gasteiger partial charge in [-0.15, -0.1) is 0 Å². The minimum Gasteiger partial charge on any atom is -0.391 e. The molecule has 2 aliphatic rings. The molecule has 0 aromatic rings. The topological polar surface area (TPSA) is 47.0 Å². The van der Waals surface area contributed by atoms with Gasteiger partial charge in [-0.05, 0) is 26.4 Å². The highest BCUT2D eigenvalue weighted by atomic mass is 16.3. The molecule has 2 fully saturated rings. The summed E-state index contributed by atoms with van der Waals surface area (Å²) in [5.41, 5.74) is 0. The third-order valence-electron chi connectivity index (χ3n) is 3.94. The number of carbonyl (C=O) groups excluding carboxylic acids is 1. The van der Waals surface area contributed by atoms with E-state index in [1.165, 1.54) is 0 Å². The Kier molecular flexibility index (Phi) is 4.97. The van der Waals surface area contributed by atoms with Crippen molar-refractivity contribution in [3.05, 3.63) is 0 Å². The van der Waals surface area contributed by atoms with Crippen molar-refractivity contribution >= 4 is 5.91 Å². The van der Waals surface area contributed by atoms with Crippen molar-refractivity contribution in [2.45, 2.75) is 25.4 Å². The molecule has 1 N–H and O–H groups in total. The first-order valence-electron chi connectivity index (χ1n) is 7.02. The summed E-state index contributed by atoms with van der Waals surface area (Å²) in [6.45, 7) is 7.14. The van der Waals surface area contributed by atoms with Crippen LogP contribution in [-0.4, -0.2) is 84.7 Å². The molecule has 2 saturated heterocycles. The van der Waals surface area contributed by atoms with Gasteiger partial charge in [-0.2, -0.15) is 0 Å². The second kappa shape index (κ2) is 6.50. The van der Waals surface area contributed by atoms with E-state index < -0.39 is 6.10 Å². The molecule has 5 nitrogen and oxygen atoms in total. The third-order valence-corrected chi connectivity index (χ3v) is 3.94. The van der Waals surface area contributed by atoms with Crippen LogP contribution in [-0.2, 0) is 4.79 Å². The van der Waals surface area contributed by atoms with Crippen LogP contribution in [0.2, 0.25) is 0 Å². The number of nitrogens with zero attached hydrogens (tertiary/aromatic N) is 3. The number of β-amino-alcohol motifs (C(OH)–C–C–N with tert-alkyl or cyclic N) is 1. The number of unbranched alkanes of at least 4 members (excludes halogenated alkanes) is 1. The van der Waals surface area contributed by atoms with Gasteiger partial charge in [-0.3, -0.25) is 4.79 Å². The Labute approximate surface area is 109 Å². The Balaban J connectivity index is 1.55. The molecule has 0 aromatic carbocycles. The van der Waals surface area contributed by atoms with E-state index in [4.69, 9.17) is 0 Å². The number of hydrogen-bond donors (Lipinski definition) is 1. The molecule has 1 atom stereocenters. The molecule has 0 spiro atoms. The van der Waals surface area contributed by atoms with Gasteiger partial charge < -0.3 is 19.8 Å². The summed E-state index contributed by atoms with van der Waals surface area (Å²) in [4.78, 5) is 18.1. The number of piperazine rings is 1. The summed E-state index contributed by atoms with van der Waals surface area (Å²) >= 11 is 0. The largest absolute Gasteiger partial charge is 0.391 e. The summed E-state index contributed by atoms with van der Waals surface area (Å²) in [7, 11) is 2.17. The first kappa shape index (κ1) is 13.8. The minimum absolute atomic E-state index is 0.113. The minimum atomic E-state index is -0.435. The number of amides is 1. The highest BCUT2D eigenvalue weighted by molar-refractivity contribution is 5.78. The van der Waals surface area contributed by atoms with E-state index in [0.717, 1.165) is 52.1 Å². The average molecular weight is 255 g/mol. The average Bonchev–Trinajstić information content (AvgIpc) is 2.66. The molecular weight excluding hydrogens is 230 g/mol. The monoisotopic (exact) mass is 255 g/mol. The summed E-state index contributed by atoms with van der Waals surface area (Å²) in [5, 5.41) is 9.38. The highest BCUT2D eigenvalue weighted by Crippen LogP contribution is 2.11. The van der Waals surface area contributed by atoms with E-state index in [1.54, 1.807) is 4.90 Å². The van der Waals surface area contributed by atoms with Crippen LogP contribution in [0.1, 0.15) is 19.3 Å². The van der Waals surface area contributed by atoms with Crippen LogP contribution in [0.4, 0.5) is 0 Å². The van der Waals surface area contributed by atoms with Gasteiger partial charge in [0.05, 0.1) is 12.5 Å². The molecular formula is C13H25N3O2. The quantitative estimate of drug-likeness (QED) is 0.680. The number of aliphatic hydroxyl groups is 1. The first-order chi connectivity index (χ1) is 8.65. The molecule has 0 radical (unpaired) electrons. The third kappa shape index (κ3) is 3.93. The van der Waals surface area contributed by atoms with E-state index in [2.05, 4.69) is 16.8 Å². The van der Waals surface area contributed by atoms with Crippen molar-refractivity contribution in [3.8, 4) is 0 Å². The number of carbonyl (C=O) groups is 1. The maximum Gasteiger partial charge on any atom is 0.225 e. The zero-order valence-corrected chi connectivity index (χ0v) is 11.3. The van der Waals surface area contributed by atoms with E-state index in [1.807, 2.05) is 0 Å². The van der Waals surface area contributed by atoms with Crippen molar-refractivity contribution in [2.24, 2.45) is 0 Å². The summed E-state index contributed by atoms with van der Waals surface area (Å²) < 4.78 is 0. The van der Waals surface area contributed by atoms with Crippen molar-refractivity contribution < 1.29 is 9.90 Å². The van der Waals surface area contributed by atoms with Gasteiger partial charge in [-0.25, -0.2) is 0 Å². The normalized spacial score (nSPS) is 27.1. The maximum atomic E-state index is 11.5. The van der Waals surface area contributed by atoms with Crippen molar-refractivity contribution in [1.82, 2.24) is 14.7 Å². The Morgan fingerprint density at radius 3 is 2.44 bits per heavy atom. The lowest BCUT2D eigenvalue weighted by atomic mass is 10.2. The Hall–Kier alpha value is -0.650. The lowest BCUT2D eigenvalue weighted by Crippen LogP contribution is -2.44. The maximum absolute atomic E-state index is 11.5. The molecule has 104 valence electrons. The number of aliphatic hydroxyl groups excluding tert-OH is 1. The highest BCUT2D eigenvalue weighted by Gasteiger charge is 2.27. The van der Waals surface area contributed by atoms with Crippen molar-refractivity contribution in [2.75, 3.05) is 52.9 Å². The smallest absolute Gasteiger partial charge is 0.225 e. The van der Waals surface area contributed by atoms with E-state index in [-0.39, 0.29) is 5.91 Å². The molecule has 0 bridgehead atoms. The zero-order chi connectivity index (χ0) is 13.0. The fourth-order valence-corrected chi connectivity index (χ4v) is 2.68. The van der Waals surface area contributed by atoms with Gasteiger partial charge in [0, 0.05) is 39.3 Å². The lowest BCUT2D eigenvalue weighted by molar-refractivity contribution is -0.127. The van der Waals surface area contributed by atoms with Crippen LogP contribution in [0, 0.1) is 0 Å². The SMILES string of the molecule is CN1CCN(CCCCN2CC(O)CC2=O)CC1. The van der Waals surface area contributed by atoms with Crippen LogP contribution in [0.15, 0.2) is 0 Å². The molecule has 2 heterocycles. The van der Waals surface area contributed by atoms with Crippen LogP contribution < -0.4 is 0 Å². The van der Waals surface area contributed by atoms with Gasteiger partial charge in [0.1, 0.15) is 0 Å². The fourth-order valence-electron chi connectivity index (χ4n) is 2.68. The number of hydrogen-bond acceptors (Lipinski definition) is 4.